The minimum Gasteiger partial charge on any atom is -0.459 e. The van der Waals surface area contributed by atoms with Crippen molar-refractivity contribution in [3.05, 3.63) is 42.4 Å². The summed E-state index contributed by atoms with van der Waals surface area (Å²) in [5, 5.41) is 32.8. The van der Waals surface area contributed by atoms with E-state index in [1.807, 2.05) is 38.9 Å². The third-order valence-electron chi connectivity index (χ3n) is 12.1. The van der Waals surface area contributed by atoms with Crippen molar-refractivity contribution in [2.75, 3.05) is 27.3 Å². The molecule has 0 radical (unpaired) electrons. The van der Waals surface area contributed by atoms with E-state index in [-0.39, 0.29) is 56.0 Å². The van der Waals surface area contributed by atoms with Gasteiger partial charge < -0.3 is 49.1 Å². The van der Waals surface area contributed by atoms with E-state index in [1.54, 1.807) is 63.1 Å². The summed E-state index contributed by atoms with van der Waals surface area (Å²) in [5.74, 6) is -4.71. The highest BCUT2D eigenvalue weighted by Gasteiger charge is 2.53. The number of oxime groups is 1. The second kappa shape index (κ2) is 20.9. The molecule has 61 heavy (non-hydrogen) atoms. The Bertz CT molecular complexity index is 1840. The Balaban J connectivity index is 0.00000819. The molecule has 340 valence electrons. The SMILES string of the molecule is CC[C@H]1OC(=O)[C@H](C)C(=O)[C@H](C)[C@@H](OC2O[C@H](C)C[C@H](N(C)C)[C@H]2O)[C@@]2(C)C[C@@H](C)C(=NC(C)=O)[C@H](C)[C@@H](OC/C(=N\OCc3ccc(-n4cccn4)nc3)CO2)[C@@]1(C)O.O. The molecule has 2 aromatic heterocycles. The lowest BCUT2D eigenvalue weighted by Gasteiger charge is -2.47. The van der Waals surface area contributed by atoms with E-state index in [9.17, 15) is 24.6 Å². The molecule has 1 amide bonds. The number of cyclic esters (lactones) is 1. The van der Waals surface area contributed by atoms with Crippen molar-refractivity contribution in [1.82, 2.24) is 19.7 Å². The van der Waals surface area contributed by atoms with E-state index in [1.165, 1.54) is 20.8 Å². The smallest absolute Gasteiger partial charge is 0.316 e. The summed E-state index contributed by atoms with van der Waals surface area (Å²) in [6, 6.07) is 5.13. The zero-order chi connectivity index (χ0) is 44.1. The van der Waals surface area contributed by atoms with Crippen molar-refractivity contribution < 1.29 is 58.6 Å². The molecule has 0 aromatic carbocycles. The van der Waals surface area contributed by atoms with Gasteiger partial charge in [-0.05, 0) is 79.1 Å². The average Bonchev–Trinajstić information content (AvgIpc) is 3.74. The van der Waals surface area contributed by atoms with E-state index in [4.69, 9.17) is 28.5 Å². The molecule has 5 heterocycles. The van der Waals surface area contributed by atoms with Crippen LogP contribution in [0, 0.1) is 23.7 Å². The number of carbonyl (C=O) groups is 3. The predicted molar refractivity (Wildman–Crippen MR) is 224 cm³/mol. The van der Waals surface area contributed by atoms with Gasteiger partial charge in [0.05, 0.1) is 37.1 Å². The molecule has 0 saturated carbocycles. The second-order valence-corrected chi connectivity index (χ2v) is 17.3. The topological polar surface area (TPSA) is 237 Å². The van der Waals surface area contributed by atoms with Crippen LogP contribution in [0.5, 0.6) is 0 Å². The third-order valence-corrected chi connectivity index (χ3v) is 12.1. The monoisotopic (exact) mass is 858 g/mol. The van der Waals surface area contributed by atoms with Gasteiger partial charge in [-0.3, -0.25) is 14.4 Å². The first-order valence-corrected chi connectivity index (χ1v) is 20.9. The standard InChI is InChI=1S/C43H64N6O11.H2O/c1-12-33-43(9,54)39-26(4)35(46-29(7)50)24(2)19-42(8,56-23-31(22-55-39)47-57-21-30-14-15-34(44-20-30)49-17-13-16-45-49)38(27(5)36(51)28(6)40(53)59-33)60-41-37(52)32(48(10)11)18-25(3)58-41;/h13-17,20,24-28,32-33,37-39,41,52,54H,12,18-19,21-23H2,1-11H3;1H2/b46-35?,47-31+;/t24-,25-,26+,27+,28-,32+,33-,37-,38-,39-,41?,42-,43+;/m1./s1. The number of ether oxygens (including phenoxy) is 5. The van der Waals surface area contributed by atoms with Crippen LogP contribution in [0.1, 0.15) is 87.1 Å². The van der Waals surface area contributed by atoms with Gasteiger partial charge in [0, 0.05) is 54.7 Å². The lowest BCUT2D eigenvalue weighted by Crippen LogP contribution is -2.60. The predicted octanol–water partition coefficient (Wildman–Crippen LogP) is 2.88. The van der Waals surface area contributed by atoms with E-state index >= 15 is 0 Å². The van der Waals surface area contributed by atoms with Crippen molar-refractivity contribution >= 4 is 29.1 Å². The largest absolute Gasteiger partial charge is 0.459 e. The van der Waals surface area contributed by atoms with Crippen molar-refractivity contribution in [2.24, 2.45) is 33.8 Å². The number of hydrogen-bond donors (Lipinski definition) is 2. The van der Waals surface area contributed by atoms with Gasteiger partial charge in [-0.2, -0.15) is 5.10 Å². The number of fused-ring (bicyclic) bond motifs is 5. The molecule has 1 unspecified atom stereocenters. The Hall–Kier alpha value is -4.01. The molecule has 3 aliphatic rings. The van der Waals surface area contributed by atoms with Crippen molar-refractivity contribution in [3.8, 4) is 5.82 Å². The number of rotatable bonds is 8. The molecule has 3 saturated heterocycles. The fourth-order valence-electron chi connectivity index (χ4n) is 8.85. The van der Waals surface area contributed by atoms with Crippen LogP contribution in [-0.2, 0) is 49.5 Å². The summed E-state index contributed by atoms with van der Waals surface area (Å²) in [6.07, 6.45) is -0.0360. The first-order chi connectivity index (χ1) is 28.3. The van der Waals surface area contributed by atoms with Crippen LogP contribution in [0.25, 0.3) is 5.82 Å². The molecule has 13 atom stereocenters. The summed E-state index contributed by atoms with van der Waals surface area (Å²) < 4.78 is 34.1. The van der Waals surface area contributed by atoms with Gasteiger partial charge in [0.1, 0.15) is 36.0 Å². The zero-order valence-corrected chi connectivity index (χ0v) is 37.3. The number of ketones is 1. The summed E-state index contributed by atoms with van der Waals surface area (Å²) in [6.45, 7) is 14.7. The van der Waals surface area contributed by atoms with E-state index in [0.717, 1.165) is 5.56 Å². The Morgan fingerprint density at radius 1 is 1.10 bits per heavy atom. The molecule has 3 aliphatic heterocycles. The highest BCUT2D eigenvalue weighted by atomic mass is 16.7. The molecule has 4 N–H and O–H groups in total. The molecule has 0 aliphatic carbocycles. The number of aliphatic imine (C=N–C) groups is 1. The normalized spacial score (nSPS) is 37.0. The highest BCUT2D eigenvalue weighted by Crippen LogP contribution is 2.40. The number of amides is 1. The molecule has 18 nitrogen and oxygen atoms in total. The maximum absolute atomic E-state index is 14.5. The second-order valence-electron chi connectivity index (χ2n) is 17.3. The number of nitrogens with zero attached hydrogens (tertiary/aromatic N) is 6. The minimum absolute atomic E-state index is 0. The quantitative estimate of drug-likeness (QED) is 0.221. The van der Waals surface area contributed by atoms with E-state index in [2.05, 4.69) is 20.2 Å². The fourth-order valence-corrected chi connectivity index (χ4v) is 8.85. The number of aromatic nitrogens is 3. The number of pyridine rings is 1. The first-order valence-electron chi connectivity index (χ1n) is 20.9. The number of aliphatic hydroxyl groups is 2. The average molecular weight is 859 g/mol. The van der Waals surface area contributed by atoms with Crippen LogP contribution in [0.3, 0.4) is 0 Å². The maximum Gasteiger partial charge on any atom is 0.316 e. The number of carbonyl (C=O) groups excluding carboxylic acids is 3. The van der Waals surface area contributed by atoms with Gasteiger partial charge >= 0.3 is 5.97 Å². The molecule has 5 rings (SSSR count). The number of esters is 1. The number of hydrogen-bond acceptors (Lipinski definition) is 15. The molecule has 18 heteroatoms. The Morgan fingerprint density at radius 2 is 1.82 bits per heavy atom. The molecule has 3 fully saturated rings. The zero-order valence-electron chi connectivity index (χ0n) is 37.3. The van der Waals surface area contributed by atoms with Gasteiger partial charge in [-0.25, -0.2) is 14.7 Å². The van der Waals surface area contributed by atoms with Gasteiger partial charge in [-0.1, -0.05) is 38.9 Å². The van der Waals surface area contributed by atoms with Crippen LogP contribution in [0.2, 0.25) is 0 Å². The summed E-state index contributed by atoms with van der Waals surface area (Å²) in [7, 11) is 3.73. The highest BCUT2D eigenvalue weighted by molar-refractivity contribution is 6.00. The number of Topliss-reactive ketones (excluding diaryl/α,β-unsaturated/α-hetero) is 1. The van der Waals surface area contributed by atoms with Crippen molar-refractivity contribution in [2.45, 2.75) is 142 Å². The van der Waals surface area contributed by atoms with Crippen molar-refractivity contribution in [3.63, 3.8) is 0 Å². The minimum atomic E-state index is -1.86. The van der Waals surface area contributed by atoms with Gasteiger partial charge in [0.2, 0.25) is 5.91 Å². The van der Waals surface area contributed by atoms with E-state index < -0.39 is 83.2 Å². The van der Waals surface area contributed by atoms with Gasteiger partial charge in [-0.15, -0.1) is 0 Å². The molecule has 0 spiro atoms. The summed E-state index contributed by atoms with van der Waals surface area (Å²) in [5.41, 5.74) is -1.84. The Morgan fingerprint density at radius 3 is 2.43 bits per heavy atom. The fraction of sp³-hybridized carbons (Fsp3) is 0.698. The summed E-state index contributed by atoms with van der Waals surface area (Å²) in [4.78, 5) is 58.0. The van der Waals surface area contributed by atoms with E-state index in [0.29, 0.717) is 18.0 Å². The van der Waals surface area contributed by atoms with Crippen LogP contribution in [0.15, 0.2) is 46.9 Å². The lowest BCUT2D eigenvalue weighted by atomic mass is 9.73. The third kappa shape index (κ3) is 11.5. The molecule has 2 aromatic rings. The Kier molecular flexibility index (Phi) is 17.0. The van der Waals surface area contributed by atoms with Crippen LogP contribution < -0.4 is 0 Å². The summed E-state index contributed by atoms with van der Waals surface area (Å²) >= 11 is 0. The van der Waals surface area contributed by atoms with Gasteiger partial charge in [0.15, 0.2) is 17.9 Å². The molecular weight excluding hydrogens is 793 g/mol. The van der Waals surface area contributed by atoms with Crippen LogP contribution in [0.4, 0.5) is 0 Å². The first kappa shape index (κ1) is 49.6. The van der Waals surface area contributed by atoms with Crippen LogP contribution >= 0.6 is 0 Å². The van der Waals surface area contributed by atoms with Gasteiger partial charge in [0.25, 0.3) is 0 Å². The number of likely N-dealkylation sites (N-methyl/N-ethyl adjacent to an activating group) is 1. The van der Waals surface area contributed by atoms with Crippen molar-refractivity contribution in [1.29, 1.82) is 0 Å². The maximum atomic E-state index is 14.5. The number of aliphatic hydroxyl groups excluding tert-OH is 1. The lowest BCUT2D eigenvalue weighted by molar-refractivity contribution is -0.296. The molecule has 2 bridgehead atoms. The van der Waals surface area contributed by atoms with Crippen LogP contribution in [-0.4, -0.2) is 146 Å². The Labute approximate surface area is 358 Å². The molecular formula is C43H66N6O12.